The maximum Gasteiger partial charge on any atom is 0.410 e. The van der Waals surface area contributed by atoms with Crippen LogP contribution in [0.5, 0.6) is 0 Å². The molecule has 25 heavy (non-hydrogen) atoms. The number of alkyl carbamates (subject to hydrolysis) is 1. The summed E-state index contributed by atoms with van der Waals surface area (Å²) >= 11 is 0. The van der Waals surface area contributed by atoms with E-state index in [4.69, 9.17) is 14.2 Å². The number of carbonyl (C=O) groups is 3. The van der Waals surface area contributed by atoms with Crippen molar-refractivity contribution in [1.82, 2.24) is 10.2 Å². The van der Waals surface area contributed by atoms with Crippen molar-refractivity contribution < 1.29 is 28.6 Å². The average Bonchev–Trinajstić information content (AvgIpc) is 2.85. The number of esters is 1. The van der Waals surface area contributed by atoms with Crippen molar-refractivity contribution in [1.29, 1.82) is 0 Å². The van der Waals surface area contributed by atoms with Gasteiger partial charge in [-0.3, -0.25) is 4.79 Å². The van der Waals surface area contributed by atoms with Crippen LogP contribution in [-0.2, 0) is 19.0 Å². The Morgan fingerprint density at radius 3 is 2.04 bits per heavy atom. The minimum atomic E-state index is -0.620. The fourth-order valence-corrected chi connectivity index (χ4v) is 2.50. The minimum absolute atomic E-state index is 0.197. The van der Waals surface area contributed by atoms with Crippen molar-refractivity contribution >= 4 is 18.2 Å². The average molecular weight is 358 g/mol. The third-order valence-corrected chi connectivity index (χ3v) is 3.50. The fraction of sp³-hybridized carbons (Fsp3) is 0.824. The van der Waals surface area contributed by atoms with E-state index in [1.54, 1.807) is 41.5 Å². The molecule has 0 spiro atoms. The molecule has 0 aromatic carbocycles. The molecule has 2 atom stereocenters. The van der Waals surface area contributed by atoms with E-state index in [-0.39, 0.29) is 19.0 Å². The monoisotopic (exact) mass is 358 g/mol. The second-order valence-corrected chi connectivity index (χ2v) is 8.16. The quantitative estimate of drug-likeness (QED) is 0.614. The molecule has 1 aliphatic rings. The number of hydrogen-bond acceptors (Lipinski definition) is 6. The fourth-order valence-electron chi connectivity index (χ4n) is 2.50. The number of ether oxygens (including phenoxy) is 3. The summed E-state index contributed by atoms with van der Waals surface area (Å²) < 4.78 is 15.4. The van der Waals surface area contributed by atoms with E-state index in [0.29, 0.717) is 6.54 Å². The summed E-state index contributed by atoms with van der Waals surface area (Å²) in [7, 11) is 1.30. The molecule has 8 heteroatoms. The highest BCUT2D eigenvalue weighted by Crippen LogP contribution is 2.26. The molecule has 0 bridgehead atoms. The second kappa shape index (κ2) is 7.93. The van der Waals surface area contributed by atoms with Crippen LogP contribution >= 0.6 is 0 Å². The number of likely N-dealkylation sites (tertiary alicyclic amines) is 1. The predicted molar refractivity (Wildman–Crippen MR) is 91.0 cm³/mol. The van der Waals surface area contributed by atoms with Gasteiger partial charge >= 0.3 is 18.2 Å². The first-order valence-electron chi connectivity index (χ1n) is 8.35. The first-order valence-corrected chi connectivity index (χ1v) is 8.35. The number of nitrogens with one attached hydrogen (secondary N) is 1. The number of hydrogen-bond donors (Lipinski definition) is 1. The van der Waals surface area contributed by atoms with Crippen LogP contribution in [0.25, 0.3) is 0 Å². The zero-order valence-electron chi connectivity index (χ0n) is 16.2. The summed E-state index contributed by atoms with van der Waals surface area (Å²) in [6.07, 6.45) is -1.05. The van der Waals surface area contributed by atoms with Crippen LogP contribution in [0.4, 0.5) is 9.59 Å². The highest BCUT2D eigenvalue weighted by molar-refractivity contribution is 5.76. The molecule has 0 aromatic heterocycles. The normalized spacial score (nSPS) is 20.8. The van der Waals surface area contributed by atoms with Crippen molar-refractivity contribution in [2.45, 2.75) is 52.7 Å². The van der Waals surface area contributed by atoms with E-state index >= 15 is 0 Å². The van der Waals surface area contributed by atoms with E-state index in [9.17, 15) is 14.4 Å². The third-order valence-electron chi connectivity index (χ3n) is 3.50. The lowest BCUT2D eigenvalue weighted by atomic mass is 9.96. The van der Waals surface area contributed by atoms with Gasteiger partial charge in [0.2, 0.25) is 0 Å². The van der Waals surface area contributed by atoms with Gasteiger partial charge in [-0.1, -0.05) is 0 Å². The van der Waals surface area contributed by atoms with Crippen LogP contribution in [0.15, 0.2) is 0 Å². The largest absolute Gasteiger partial charge is 0.469 e. The Bertz CT molecular complexity index is 506. The molecule has 0 aliphatic carbocycles. The minimum Gasteiger partial charge on any atom is -0.469 e. The Kier molecular flexibility index (Phi) is 6.68. The van der Waals surface area contributed by atoms with Crippen molar-refractivity contribution in [3.05, 3.63) is 0 Å². The van der Waals surface area contributed by atoms with E-state index in [0.717, 1.165) is 0 Å². The molecular formula is C17H30N2O6. The van der Waals surface area contributed by atoms with E-state index in [1.165, 1.54) is 12.0 Å². The molecule has 0 saturated carbocycles. The van der Waals surface area contributed by atoms with Crippen LogP contribution in [0.3, 0.4) is 0 Å². The molecular weight excluding hydrogens is 328 g/mol. The lowest BCUT2D eigenvalue weighted by molar-refractivity contribution is -0.146. The molecule has 2 amide bonds. The van der Waals surface area contributed by atoms with Crippen LogP contribution < -0.4 is 5.32 Å². The van der Waals surface area contributed by atoms with Crippen molar-refractivity contribution in [2.24, 2.45) is 11.8 Å². The highest BCUT2D eigenvalue weighted by atomic mass is 16.6. The smallest absolute Gasteiger partial charge is 0.410 e. The summed E-state index contributed by atoms with van der Waals surface area (Å²) in [4.78, 5) is 37.5. The van der Waals surface area contributed by atoms with Gasteiger partial charge in [-0.15, -0.1) is 0 Å². The lowest BCUT2D eigenvalue weighted by Gasteiger charge is -2.24. The van der Waals surface area contributed by atoms with Crippen molar-refractivity contribution in [3.63, 3.8) is 0 Å². The molecule has 144 valence electrons. The van der Waals surface area contributed by atoms with Gasteiger partial charge in [0.15, 0.2) is 0 Å². The van der Waals surface area contributed by atoms with Crippen LogP contribution in [0.2, 0.25) is 0 Å². The Morgan fingerprint density at radius 1 is 1.00 bits per heavy atom. The van der Waals surface area contributed by atoms with Gasteiger partial charge in [-0.25, -0.2) is 9.59 Å². The van der Waals surface area contributed by atoms with Gasteiger partial charge in [0.05, 0.1) is 13.0 Å². The van der Waals surface area contributed by atoms with E-state index < -0.39 is 35.3 Å². The number of rotatable bonds is 3. The molecule has 2 unspecified atom stereocenters. The summed E-state index contributed by atoms with van der Waals surface area (Å²) in [5.74, 6) is -1.21. The molecule has 1 saturated heterocycles. The molecule has 1 rings (SSSR count). The number of carbonyl (C=O) groups excluding carboxylic acids is 3. The van der Waals surface area contributed by atoms with Gasteiger partial charge in [0.25, 0.3) is 0 Å². The highest BCUT2D eigenvalue weighted by Gasteiger charge is 2.41. The van der Waals surface area contributed by atoms with Crippen LogP contribution in [0.1, 0.15) is 41.5 Å². The Morgan fingerprint density at radius 2 is 1.56 bits per heavy atom. The third kappa shape index (κ3) is 7.19. The zero-order valence-corrected chi connectivity index (χ0v) is 16.2. The molecule has 1 heterocycles. The number of amides is 2. The first-order chi connectivity index (χ1) is 11.3. The maximum absolute atomic E-state index is 12.2. The number of methoxy groups -OCH3 is 1. The predicted octanol–water partition coefficient (Wildman–Crippen LogP) is 2.17. The first kappa shape index (κ1) is 21.1. The topological polar surface area (TPSA) is 94.2 Å². The summed E-state index contributed by atoms with van der Waals surface area (Å²) in [6.45, 7) is 11.3. The molecule has 0 aromatic rings. The van der Waals surface area contributed by atoms with E-state index in [2.05, 4.69) is 5.32 Å². The molecule has 1 fully saturated rings. The van der Waals surface area contributed by atoms with Crippen LogP contribution in [-0.4, -0.2) is 61.0 Å². The molecule has 1 N–H and O–H groups in total. The van der Waals surface area contributed by atoms with Gasteiger partial charge in [0.1, 0.15) is 11.2 Å². The lowest BCUT2D eigenvalue weighted by Crippen LogP contribution is -2.38. The van der Waals surface area contributed by atoms with Crippen LogP contribution in [0, 0.1) is 11.8 Å². The Balaban J connectivity index is 2.70. The summed E-state index contributed by atoms with van der Waals surface area (Å²) in [5, 5.41) is 2.65. The second-order valence-electron chi connectivity index (χ2n) is 8.16. The molecule has 0 radical (unpaired) electrons. The van der Waals surface area contributed by atoms with Gasteiger partial charge in [-0.05, 0) is 41.5 Å². The summed E-state index contributed by atoms with van der Waals surface area (Å²) in [5.41, 5.74) is -1.23. The maximum atomic E-state index is 12.2. The standard InChI is InChI=1S/C17H30N2O6/c1-16(2,3)24-14(21)18-8-11-9-19(10-12(11)13(20)23-7)15(22)25-17(4,5)6/h11-12H,8-10H2,1-7H3,(H,18,21). The SMILES string of the molecule is COC(=O)C1CN(C(=O)OC(C)(C)C)CC1CNC(=O)OC(C)(C)C. The van der Waals surface area contributed by atoms with Gasteiger partial charge < -0.3 is 24.4 Å². The van der Waals surface area contributed by atoms with Crippen molar-refractivity contribution in [3.8, 4) is 0 Å². The Labute approximate surface area is 149 Å². The van der Waals surface area contributed by atoms with Crippen molar-refractivity contribution in [2.75, 3.05) is 26.7 Å². The summed E-state index contributed by atoms with van der Waals surface area (Å²) in [6, 6.07) is 0. The molecule has 1 aliphatic heterocycles. The Hall–Kier alpha value is -1.99. The van der Waals surface area contributed by atoms with Gasteiger partial charge in [0, 0.05) is 25.6 Å². The number of nitrogens with zero attached hydrogens (tertiary/aromatic N) is 1. The zero-order chi connectivity index (χ0) is 19.4. The molecule has 8 nitrogen and oxygen atoms in total. The van der Waals surface area contributed by atoms with E-state index in [1.807, 2.05) is 0 Å². The van der Waals surface area contributed by atoms with Gasteiger partial charge in [-0.2, -0.15) is 0 Å².